The Bertz CT molecular complexity index is 1180. The number of carboxylic acid groups (broad SMARTS) is 1. The van der Waals surface area contributed by atoms with Gasteiger partial charge in [-0.05, 0) is 29.9 Å². The summed E-state index contributed by atoms with van der Waals surface area (Å²) in [5.41, 5.74) is 7.31. The van der Waals surface area contributed by atoms with Crippen molar-refractivity contribution in [3.05, 3.63) is 71.8 Å². The molecule has 0 fully saturated rings. The quantitative estimate of drug-likeness (QED) is 0.107. The van der Waals surface area contributed by atoms with Crippen molar-refractivity contribution in [1.29, 1.82) is 0 Å². The summed E-state index contributed by atoms with van der Waals surface area (Å²) < 4.78 is 0. The van der Waals surface area contributed by atoms with E-state index in [-0.39, 0.29) is 18.8 Å². The third-order valence-corrected chi connectivity index (χ3v) is 6.75. The first-order chi connectivity index (χ1) is 20.3. The molecule has 7 atom stereocenters. The minimum Gasteiger partial charge on any atom is -0.481 e. The van der Waals surface area contributed by atoms with Crippen molar-refractivity contribution in [2.75, 3.05) is 6.61 Å². The van der Waals surface area contributed by atoms with Crippen LogP contribution in [0.4, 0.5) is 0 Å². The van der Waals surface area contributed by atoms with Crippen LogP contribution < -0.4 is 21.7 Å². The molecule has 0 spiro atoms. The number of aliphatic hydroxyl groups excluding tert-OH is 4. The van der Waals surface area contributed by atoms with Gasteiger partial charge in [0.1, 0.15) is 18.2 Å². The summed E-state index contributed by atoms with van der Waals surface area (Å²) in [5, 5.41) is 58.1. The van der Waals surface area contributed by atoms with E-state index < -0.39 is 79.2 Å². The van der Waals surface area contributed by atoms with Gasteiger partial charge in [0.25, 0.3) is 5.91 Å². The number of carboxylic acids is 1. The minimum atomic E-state index is -2.25. The van der Waals surface area contributed by atoms with E-state index >= 15 is 0 Å². The average molecular weight is 603 g/mol. The summed E-state index contributed by atoms with van der Waals surface area (Å²) in [6.07, 6.45) is -6.57. The molecular formula is C30H42N4O9. The molecule has 2 aromatic rings. The molecule has 0 aliphatic heterocycles. The van der Waals surface area contributed by atoms with Crippen molar-refractivity contribution in [3.63, 3.8) is 0 Å². The Hall–Kier alpha value is -3.88. The average Bonchev–Trinajstić information content (AvgIpc) is 2.98. The molecule has 0 heterocycles. The fourth-order valence-corrected chi connectivity index (χ4v) is 4.41. The van der Waals surface area contributed by atoms with Crippen molar-refractivity contribution in [2.45, 2.75) is 75.6 Å². The highest BCUT2D eigenvalue weighted by Crippen LogP contribution is 2.18. The molecule has 0 saturated heterocycles. The summed E-state index contributed by atoms with van der Waals surface area (Å²) in [5.74, 6) is -3.84. The highest BCUT2D eigenvalue weighted by Gasteiger charge is 2.37. The molecule has 0 aliphatic carbocycles. The van der Waals surface area contributed by atoms with Crippen LogP contribution in [-0.4, -0.2) is 92.3 Å². The number of hydrogen-bond donors (Lipinski definition) is 9. The molecule has 7 unspecified atom stereocenters. The lowest BCUT2D eigenvalue weighted by atomic mass is 9.98. The predicted molar refractivity (Wildman–Crippen MR) is 156 cm³/mol. The summed E-state index contributed by atoms with van der Waals surface area (Å²) in [4.78, 5) is 49.9. The third-order valence-electron chi connectivity index (χ3n) is 6.75. The second-order valence-electron chi connectivity index (χ2n) is 10.8. The second kappa shape index (κ2) is 17.3. The number of carbonyl (C=O) groups excluding carboxylic acids is 3. The van der Waals surface area contributed by atoms with Gasteiger partial charge in [0.15, 0.2) is 6.10 Å². The topological polar surface area (TPSA) is 232 Å². The van der Waals surface area contributed by atoms with Gasteiger partial charge in [-0.3, -0.25) is 19.2 Å². The SMILES string of the molecule is CC(C)CC(NC(=O)C(N)Cc1ccccc1)C(=O)NC(CO)C(O)C(O)C(O)C(=O)NC(CC(=O)O)c1ccccc1. The van der Waals surface area contributed by atoms with Crippen LogP contribution in [0.15, 0.2) is 60.7 Å². The van der Waals surface area contributed by atoms with Gasteiger partial charge in [-0.15, -0.1) is 0 Å². The Morgan fingerprint density at radius 2 is 1.37 bits per heavy atom. The van der Waals surface area contributed by atoms with E-state index in [9.17, 15) is 44.7 Å². The second-order valence-corrected chi connectivity index (χ2v) is 10.8. The number of hydrogen-bond acceptors (Lipinski definition) is 9. The molecule has 0 bridgehead atoms. The fourth-order valence-electron chi connectivity index (χ4n) is 4.41. The van der Waals surface area contributed by atoms with Crippen molar-refractivity contribution in [2.24, 2.45) is 11.7 Å². The Labute approximate surface area is 250 Å². The number of carbonyl (C=O) groups is 4. The van der Waals surface area contributed by atoms with Gasteiger partial charge in [0.2, 0.25) is 11.8 Å². The van der Waals surface area contributed by atoms with E-state index in [1.807, 2.05) is 44.2 Å². The van der Waals surface area contributed by atoms with Crippen LogP contribution in [0.2, 0.25) is 0 Å². The van der Waals surface area contributed by atoms with Gasteiger partial charge in [0, 0.05) is 0 Å². The van der Waals surface area contributed by atoms with Crippen molar-refractivity contribution in [3.8, 4) is 0 Å². The molecule has 0 aromatic heterocycles. The molecular weight excluding hydrogens is 560 g/mol. The minimum absolute atomic E-state index is 0.0571. The number of aliphatic hydroxyl groups is 4. The number of nitrogens with two attached hydrogens (primary N) is 1. The standard InChI is InChI=1S/C30H42N4O9/c1-17(2)13-22(33-28(41)20(31)14-18-9-5-3-6-10-18)29(42)34-23(16-35)25(38)26(39)27(40)30(43)32-21(15-24(36)37)19-11-7-4-8-12-19/h3-12,17,20-23,25-27,35,38-40H,13-16,31H2,1-2H3,(H,32,43)(H,33,41)(H,34,42)(H,36,37). The van der Waals surface area contributed by atoms with E-state index in [2.05, 4.69) is 16.0 Å². The van der Waals surface area contributed by atoms with Crippen molar-refractivity contribution >= 4 is 23.7 Å². The van der Waals surface area contributed by atoms with Crippen LogP contribution in [0.25, 0.3) is 0 Å². The first-order valence-corrected chi connectivity index (χ1v) is 14.0. The molecule has 10 N–H and O–H groups in total. The fraction of sp³-hybridized carbons (Fsp3) is 0.467. The number of nitrogens with one attached hydrogen (secondary N) is 3. The van der Waals surface area contributed by atoms with Gasteiger partial charge in [0.05, 0.1) is 31.2 Å². The van der Waals surface area contributed by atoms with Gasteiger partial charge in [-0.1, -0.05) is 74.5 Å². The molecule has 43 heavy (non-hydrogen) atoms. The first-order valence-electron chi connectivity index (χ1n) is 14.0. The van der Waals surface area contributed by atoms with Crippen molar-refractivity contribution < 1.29 is 44.7 Å². The smallest absolute Gasteiger partial charge is 0.305 e. The van der Waals surface area contributed by atoms with E-state index in [1.165, 1.54) is 0 Å². The Kier molecular flexibility index (Phi) is 14.2. The van der Waals surface area contributed by atoms with Crippen LogP contribution in [0.5, 0.6) is 0 Å². The van der Waals surface area contributed by atoms with Crippen LogP contribution in [0.3, 0.4) is 0 Å². The molecule has 236 valence electrons. The van der Waals surface area contributed by atoms with E-state index in [4.69, 9.17) is 5.73 Å². The summed E-state index contributed by atoms with van der Waals surface area (Å²) >= 11 is 0. The van der Waals surface area contributed by atoms with Crippen LogP contribution in [0.1, 0.15) is 43.9 Å². The van der Waals surface area contributed by atoms with Crippen LogP contribution >= 0.6 is 0 Å². The summed E-state index contributed by atoms with van der Waals surface area (Å²) in [7, 11) is 0. The van der Waals surface area contributed by atoms with Gasteiger partial charge in [-0.2, -0.15) is 0 Å². The highest BCUT2D eigenvalue weighted by atomic mass is 16.4. The molecule has 0 radical (unpaired) electrons. The molecule has 0 aliphatic rings. The molecule has 2 rings (SSSR count). The maximum atomic E-state index is 13.1. The number of amides is 3. The highest BCUT2D eigenvalue weighted by molar-refractivity contribution is 5.90. The molecule has 2 aromatic carbocycles. The zero-order valence-electron chi connectivity index (χ0n) is 24.2. The Morgan fingerprint density at radius 3 is 1.91 bits per heavy atom. The molecule has 13 heteroatoms. The monoisotopic (exact) mass is 602 g/mol. The van der Waals surface area contributed by atoms with E-state index in [0.29, 0.717) is 5.56 Å². The number of benzene rings is 2. The largest absolute Gasteiger partial charge is 0.481 e. The van der Waals surface area contributed by atoms with E-state index in [1.54, 1.807) is 30.3 Å². The molecule has 3 amide bonds. The normalized spacial score (nSPS) is 16.2. The van der Waals surface area contributed by atoms with Gasteiger partial charge < -0.3 is 47.2 Å². The van der Waals surface area contributed by atoms with Gasteiger partial charge >= 0.3 is 5.97 Å². The maximum absolute atomic E-state index is 13.1. The van der Waals surface area contributed by atoms with E-state index in [0.717, 1.165) is 5.56 Å². The Balaban J connectivity index is 2.07. The van der Waals surface area contributed by atoms with Crippen molar-refractivity contribution in [1.82, 2.24) is 16.0 Å². The number of rotatable bonds is 17. The van der Waals surface area contributed by atoms with Crippen LogP contribution in [0, 0.1) is 5.92 Å². The first kappa shape index (κ1) is 35.3. The summed E-state index contributed by atoms with van der Waals surface area (Å²) in [6.45, 7) is 2.75. The Morgan fingerprint density at radius 1 is 0.791 bits per heavy atom. The predicted octanol–water partition coefficient (Wildman–Crippen LogP) is -1.02. The zero-order chi connectivity index (χ0) is 32.1. The third kappa shape index (κ3) is 11.4. The molecule has 0 saturated carbocycles. The molecule has 13 nitrogen and oxygen atoms in total. The maximum Gasteiger partial charge on any atom is 0.305 e. The number of aliphatic carboxylic acids is 1. The summed E-state index contributed by atoms with van der Waals surface area (Å²) in [6, 6.07) is 12.5. The van der Waals surface area contributed by atoms with Crippen LogP contribution in [-0.2, 0) is 25.6 Å². The lowest BCUT2D eigenvalue weighted by molar-refractivity contribution is -0.145. The zero-order valence-corrected chi connectivity index (χ0v) is 24.2. The lowest BCUT2D eigenvalue weighted by Gasteiger charge is -2.31. The lowest BCUT2D eigenvalue weighted by Crippen LogP contribution is -2.60. The van der Waals surface area contributed by atoms with Gasteiger partial charge in [-0.25, -0.2) is 0 Å².